The van der Waals surface area contributed by atoms with Crippen LogP contribution < -0.4 is 10.7 Å². The van der Waals surface area contributed by atoms with E-state index in [1.807, 2.05) is 6.07 Å². The number of likely N-dealkylation sites (tertiary alicyclic amines) is 1. The summed E-state index contributed by atoms with van der Waals surface area (Å²) in [5.74, 6) is 1.58. The molecule has 0 spiro atoms. The fourth-order valence-corrected chi connectivity index (χ4v) is 4.35. The molecule has 2 heterocycles. The monoisotopic (exact) mass is 455 g/mol. The number of hydrogen-bond donors (Lipinski definition) is 1. The number of esters is 2. The van der Waals surface area contributed by atoms with E-state index in [-0.39, 0.29) is 6.54 Å². The first-order chi connectivity index (χ1) is 15.2. The van der Waals surface area contributed by atoms with Gasteiger partial charge in [0.25, 0.3) is 0 Å². The molecule has 32 heavy (non-hydrogen) atoms. The third kappa shape index (κ3) is 6.19. The van der Waals surface area contributed by atoms with Crippen molar-refractivity contribution in [3.8, 4) is 0 Å². The lowest BCUT2D eigenvalue weighted by Gasteiger charge is -2.43. The summed E-state index contributed by atoms with van der Waals surface area (Å²) in [5, 5.41) is 3.56. The second-order valence-corrected chi connectivity index (χ2v) is 8.11. The van der Waals surface area contributed by atoms with Crippen LogP contribution in [0.25, 0.3) is 0 Å². The van der Waals surface area contributed by atoms with Crippen molar-refractivity contribution >= 4 is 23.8 Å². The lowest BCUT2D eigenvalue weighted by Crippen LogP contribution is -2.53. The molecule has 2 fully saturated rings. The van der Waals surface area contributed by atoms with Gasteiger partial charge in [-0.1, -0.05) is 6.07 Å². The predicted molar refractivity (Wildman–Crippen MR) is 113 cm³/mol. The summed E-state index contributed by atoms with van der Waals surface area (Å²) in [6.45, 7) is 6.53. The quantitative estimate of drug-likeness (QED) is 0.237. The fraction of sp³-hybridized carbons (Fsp3) is 0.571. The van der Waals surface area contributed by atoms with Crippen LogP contribution in [0.2, 0.25) is 0 Å². The number of aryl methyl sites for hydroxylation is 1. The Hall–Kier alpha value is -2.66. The molecular weight excluding hydrogens is 427 g/mol. The van der Waals surface area contributed by atoms with E-state index in [4.69, 9.17) is 5.84 Å². The molecule has 0 saturated carbocycles. The zero-order valence-corrected chi connectivity index (χ0v) is 18.0. The van der Waals surface area contributed by atoms with Gasteiger partial charge in [0.05, 0.1) is 12.8 Å². The molecule has 0 unspecified atom stereocenters. The third-order valence-corrected chi connectivity index (χ3v) is 5.96. The molecule has 0 aromatic heterocycles. The maximum atomic E-state index is 12.2. The number of carbonyl (C=O) groups is 2. The van der Waals surface area contributed by atoms with Crippen molar-refractivity contribution in [3.63, 3.8) is 0 Å². The Labute approximate surface area is 184 Å². The molecule has 2 aliphatic rings. The van der Waals surface area contributed by atoms with Crippen LogP contribution in [0.1, 0.15) is 24.0 Å². The molecule has 1 aromatic rings. The highest BCUT2D eigenvalue weighted by atomic mass is 19.4. The van der Waals surface area contributed by atoms with Gasteiger partial charge >= 0.3 is 18.1 Å². The van der Waals surface area contributed by atoms with Gasteiger partial charge in [-0.15, -0.1) is 0 Å². The Morgan fingerprint density at radius 2 is 1.81 bits per heavy atom. The molecule has 2 N–H and O–H groups in total. The number of benzene rings is 1. The molecule has 0 radical (unpaired) electrons. The average molecular weight is 455 g/mol. The average Bonchev–Trinajstić information content (AvgIpc) is 2.74. The molecular formula is C21H28F3N5O3. The summed E-state index contributed by atoms with van der Waals surface area (Å²) in [5.41, 5.74) is 3.33. The standard InChI is InChI=1S/C21H28F3N5O3/c1-15-12-16(13-26-25)2-3-18(15)29-10-8-28(9-11-29)17-4-6-27(7-5-17)14-19(30)32-20(31)21(22,23)24/h2-3,12-13,17H,4-11,14,25H2,1H3/b26-13+. The van der Waals surface area contributed by atoms with Crippen molar-refractivity contribution < 1.29 is 27.5 Å². The SMILES string of the molecule is Cc1cc(/C=N/N)ccc1N1CCN(C2CCN(CC(=O)OC(=O)C(F)(F)F)CC2)CC1. The van der Waals surface area contributed by atoms with Crippen LogP contribution in [-0.4, -0.2) is 86.0 Å². The van der Waals surface area contributed by atoms with Crippen LogP contribution in [-0.2, 0) is 14.3 Å². The molecule has 3 rings (SSSR count). The molecule has 11 heteroatoms. The Morgan fingerprint density at radius 3 is 2.38 bits per heavy atom. The number of nitrogens with zero attached hydrogens (tertiary/aromatic N) is 4. The first-order valence-corrected chi connectivity index (χ1v) is 10.5. The van der Waals surface area contributed by atoms with Crippen molar-refractivity contribution in [1.82, 2.24) is 9.80 Å². The summed E-state index contributed by atoms with van der Waals surface area (Å²) < 4.78 is 40.5. The van der Waals surface area contributed by atoms with Crippen LogP contribution in [0.4, 0.5) is 18.9 Å². The van der Waals surface area contributed by atoms with Crippen LogP contribution >= 0.6 is 0 Å². The molecule has 0 amide bonds. The number of carbonyl (C=O) groups excluding carboxylic acids is 2. The number of rotatable bonds is 5. The summed E-state index contributed by atoms with van der Waals surface area (Å²) in [6.07, 6.45) is -1.92. The Morgan fingerprint density at radius 1 is 1.16 bits per heavy atom. The number of hydrazone groups is 1. The maximum absolute atomic E-state index is 12.2. The zero-order valence-electron chi connectivity index (χ0n) is 18.0. The van der Waals surface area contributed by atoms with Crippen molar-refractivity contribution in [2.24, 2.45) is 10.9 Å². The van der Waals surface area contributed by atoms with E-state index in [1.54, 1.807) is 11.1 Å². The van der Waals surface area contributed by atoms with E-state index < -0.39 is 18.1 Å². The Balaban J connectivity index is 1.43. The van der Waals surface area contributed by atoms with Gasteiger partial charge < -0.3 is 15.5 Å². The number of alkyl halides is 3. The highest BCUT2D eigenvalue weighted by Gasteiger charge is 2.42. The van der Waals surface area contributed by atoms with Crippen molar-refractivity contribution in [2.75, 3.05) is 50.7 Å². The summed E-state index contributed by atoms with van der Waals surface area (Å²) in [6, 6.07) is 6.50. The summed E-state index contributed by atoms with van der Waals surface area (Å²) in [7, 11) is 0. The van der Waals surface area contributed by atoms with Crippen molar-refractivity contribution in [2.45, 2.75) is 32.0 Å². The van der Waals surface area contributed by atoms with Gasteiger partial charge in [0.1, 0.15) is 0 Å². The first-order valence-electron chi connectivity index (χ1n) is 10.5. The molecule has 2 aliphatic heterocycles. The lowest BCUT2D eigenvalue weighted by atomic mass is 10.0. The number of halogens is 3. The highest BCUT2D eigenvalue weighted by Crippen LogP contribution is 2.25. The lowest BCUT2D eigenvalue weighted by molar-refractivity contribution is -0.202. The van der Waals surface area contributed by atoms with E-state index in [1.165, 1.54) is 11.3 Å². The van der Waals surface area contributed by atoms with Crippen LogP contribution in [0.5, 0.6) is 0 Å². The predicted octanol–water partition coefficient (Wildman–Crippen LogP) is 1.51. The summed E-state index contributed by atoms with van der Waals surface area (Å²) >= 11 is 0. The van der Waals surface area contributed by atoms with Gasteiger partial charge in [0.2, 0.25) is 0 Å². The smallest absolute Gasteiger partial charge is 0.385 e. The van der Waals surface area contributed by atoms with E-state index in [0.717, 1.165) is 44.6 Å². The van der Waals surface area contributed by atoms with Gasteiger partial charge in [-0.2, -0.15) is 18.3 Å². The molecule has 1 aromatic carbocycles. The first kappa shape index (κ1) is 24.0. The number of piperidine rings is 1. The van der Waals surface area contributed by atoms with Crippen LogP contribution in [0.3, 0.4) is 0 Å². The van der Waals surface area contributed by atoms with E-state index in [2.05, 4.69) is 38.7 Å². The van der Waals surface area contributed by atoms with E-state index in [0.29, 0.717) is 19.1 Å². The minimum Gasteiger partial charge on any atom is -0.385 e. The van der Waals surface area contributed by atoms with E-state index >= 15 is 0 Å². The second kappa shape index (κ2) is 10.3. The second-order valence-electron chi connectivity index (χ2n) is 8.11. The minimum atomic E-state index is -5.16. The largest absolute Gasteiger partial charge is 0.491 e. The number of nitrogens with two attached hydrogens (primary N) is 1. The normalized spacial score (nSPS) is 19.4. The third-order valence-electron chi connectivity index (χ3n) is 5.96. The van der Waals surface area contributed by atoms with Gasteiger partial charge in [0.15, 0.2) is 0 Å². The van der Waals surface area contributed by atoms with Gasteiger partial charge in [-0.25, -0.2) is 4.79 Å². The van der Waals surface area contributed by atoms with E-state index in [9.17, 15) is 22.8 Å². The van der Waals surface area contributed by atoms with Crippen LogP contribution in [0.15, 0.2) is 23.3 Å². The van der Waals surface area contributed by atoms with Crippen molar-refractivity contribution in [3.05, 3.63) is 29.3 Å². The number of ether oxygens (including phenoxy) is 1. The van der Waals surface area contributed by atoms with Crippen LogP contribution in [0, 0.1) is 6.92 Å². The molecule has 0 bridgehead atoms. The Kier molecular flexibility index (Phi) is 7.73. The topological polar surface area (TPSA) is 91.5 Å². The maximum Gasteiger partial charge on any atom is 0.491 e. The minimum absolute atomic E-state index is 0.313. The fourth-order valence-electron chi connectivity index (χ4n) is 4.35. The zero-order chi connectivity index (χ0) is 23.3. The molecule has 0 atom stereocenters. The molecule has 0 aliphatic carbocycles. The Bertz CT molecular complexity index is 846. The molecule has 8 nitrogen and oxygen atoms in total. The van der Waals surface area contributed by atoms with Crippen molar-refractivity contribution in [1.29, 1.82) is 0 Å². The number of anilines is 1. The molecule has 2 saturated heterocycles. The number of hydrogen-bond acceptors (Lipinski definition) is 8. The van der Waals surface area contributed by atoms with Gasteiger partial charge in [-0.05, 0) is 43.0 Å². The summed E-state index contributed by atoms with van der Waals surface area (Å²) in [4.78, 5) is 28.9. The highest BCUT2D eigenvalue weighted by molar-refractivity contribution is 5.89. The molecule has 176 valence electrons. The van der Waals surface area contributed by atoms with Gasteiger partial charge in [-0.3, -0.25) is 14.6 Å². The van der Waals surface area contributed by atoms with Gasteiger partial charge in [0, 0.05) is 51.0 Å². The number of piperazine rings is 1.